The number of para-hydroxylation sites is 3. The largest absolute Gasteiger partial charge is 0.495 e. The van der Waals surface area contributed by atoms with Crippen molar-refractivity contribution in [1.29, 1.82) is 0 Å². The number of ether oxygens (including phenoxy) is 2. The fraction of sp³-hybridized carbons (Fsp3) is 0.167. The lowest BCUT2D eigenvalue weighted by molar-refractivity contribution is -0.123. The Kier molecular flexibility index (Phi) is 6.11. The van der Waals surface area contributed by atoms with Crippen LogP contribution in [0.15, 0.2) is 48.5 Å². The molecule has 130 valence electrons. The van der Waals surface area contributed by atoms with E-state index in [1.807, 2.05) is 0 Å². The Labute approximate surface area is 144 Å². The van der Waals surface area contributed by atoms with Gasteiger partial charge in [0.15, 0.2) is 0 Å². The maximum atomic E-state index is 12.1. The second-order valence-electron chi connectivity index (χ2n) is 5.01. The predicted octanol–water partition coefficient (Wildman–Crippen LogP) is 2.45. The summed E-state index contributed by atoms with van der Waals surface area (Å²) in [5, 5.41) is 5.15. The van der Waals surface area contributed by atoms with Crippen LogP contribution in [0.4, 0.5) is 11.4 Å². The van der Waals surface area contributed by atoms with Crippen molar-refractivity contribution >= 4 is 29.2 Å². The first-order chi connectivity index (χ1) is 12.0. The van der Waals surface area contributed by atoms with Gasteiger partial charge in [0, 0.05) is 0 Å². The maximum Gasteiger partial charge on any atom is 0.339 e. The predicted molar refractivity (Wildman–Crippen MR) is 92.7 cm³/mol. The molecular formula is C18H18N2O5. The first-order valence-electron chi connectivity index (χ1n) is 7.45. The number of esters is 1. The zero-order chi connectivity index (χ0) is 18.2. The Balaban J connectivity index is 2.01. The molecule has 2 amide bonds. The number of amides is 2. The molecule has 0 radical (unpaired) electrons. The first-order valence-corrected chi connectivity index (χ1v) is 7.45. The molecule has 0 saturated carbocycles. The fourth-order valence-corrected chi connectivity index (χ4v) is 2.16. The molecule has 0 unspecified atom stereocenters. The second kappa shape index (κ2) is 8.49. The number of hydrogen-bond donors (Lipinski definition) is 2. The van der Waals surface area contributed by atoms with Crippen molar-refractivity contribution in [2.45, 2.75) is 6.42 Å². The molecule has 0 atom stereocenters. The molecule has 2 aromatic rings. The first kappa shape index (κ1) is 18.0. The van der Waals surface area contributed by atoms with Crippen molar-refractivity contribution < 1.29 is 23.9 Å². The number of rotatable bonds is 6. The summed E-state index contributed by atoms with van der Waals surface area (Å²) in [7, 11) is 2.74. The van der Waals surface area contributed by atoms with Crippen molar-refractivity contribution in [3.05, 3.63) is 54.1 Å². The average molecular weight is 342 g/mol. The van der Waals surface area contributed by atoms with Gasteiger partial charge in [0.25, 0.3) is 0 Å². The third kappa shape index (κ3) is 4.81. The molecule has 2 N–H and O–H groups in total. The van der Waals surface area contributed by atoms with Gasteiger partial charge < -0.3 is 20.1 Å². The molecule has 0 aliphatic rings. The minimum atomic E-state index is -0.575. The summed E-state index contributed by atoms with van der Waals surface area (Å²) in [4.78, 5) is 35.8. The normalized spacial score (nSPS) is 9.84. The third-order valence-corrected chi connectivity index (χ3v) is 3.31. The van der Waals surface area contributed by atoms with E-state index in [0.29, 0.717) is 11.4 Å². The lowest BCUT2D eigenvalue weighted by Crippen LogP contribution is -2.22. The standard InChI is InChI=1S/C18H18N2O5/c1-24-15-10-6-5-9-14(15)20-17(22)11-16(21)19-13-8-4-3-7-12(13)18(23)25-2/h3-10H,11H2,1-2H3,(H,19,21)(H,20,22). The van der Waals surface area contributed by atoms with Crippen LogP contribution in [0.5, 0.6) is 5.75 Å². The van der Waals surface area contributed by atoms with Gasteiger partial charge in [-0.25, -0.2) is 4.79 Å². The molecule has 0 bridgehead atoms. The Bertz CT molecular complexity index is 789. The van der Waals surface area contributed by atoms with Crippen molar-refractivity contribution in [2.75, 3.05) is 24.9 Å². The molecule has 0 heterocycles. The van der Waals surface area contributed by atoms with Gasteiger partial charge in [0.1, 0.15) is 12.2 Å². The average Bonchev–Trinajstić information content (AvgIpc) is 2.61. The summed E-state index contributed by atoms with van der Waals surface area (Å²) in [6.45, 7) is 0. The molecule has 2 rings (SSSR count). The smallest absolute Gasteiger partial charge is 0.339 e. The molecule has 25 heavy (non-hydrogen) atoms. The van der Waals surface area contributed by atoms with Gasteiger partial charge in [-0.05, 0) is 24.3 Å². The molecule has 0 spiro atoms. The zero-order valence-electron chi connectivity index (χ0n) is 13.9. The van der Waals surface area contributed by atoms with Crippen molar-refractivity contribution in [2.24, 2.45) is 0 Å². The maximum absolute atomic E-state index is 12.1. The van der Waals surface area contributed by atoms with Gasteiger partial charge in [0.2, 0.25) is 11.8 Å². The van der Waals surface area contributed by atoms with Crippen LogP contribution in [0.25, 0.3) is 0 Å². The number of nitrogens with one attached hydrogen (secondary N) is 2. The zero-order valence-corrected chi connectivity index (χ0v) is 13.9. The van der Waals surface area contributed by atoms with Crippen LogP contribution in [0, 0.1) is 0 Å². The monoisotopic (exact) mass is 342 g/mol. The van der Waals surface area contributed by atoms with Gasteiger partial charge >= 0.3 is 5.97 Å². The Morgan fingerprint density at radius 3 is 2.04 bits per heavy atom. The number of hydrogen-bond acceptors (Lipinski definition) is 5. The van der Waals surface area contributed by atoms with Crippen LogP contribution >= 0.6 is 0 Å². The fourth-order valence-electron chi connectivity index (χ4n) is 2.16. The number of anilines is 2. The third-order valence-electron chi connectivity index (χ3n) is 3.31. The molecular weight excluding hydrogens is 324 g/mol. The number of methoxy groups -OCH3 is 2. The summed E-state index contributed by atoms with van der Waals surface area (Å²) in [5.74, 6) is -1.14. The highest BCUT2D eigenvalue weighted by atomic mass is 16.5. The van der Waals surface area contributed by atoms with Crippen LogP contribution in [0.2, 0.25) is 0 Å². The lowest BCUT2D eigenvalue weighted by Gasteiger charge is -2.11. The molecule has 0 saturated heterocycles. The van der Waals surface area contributed by atoms with E-state index >= 15 is 0 Å². The SMILES string of the molecule is COC(=O)c1ccccc1NC(=O)CC(=O)Nc1ccccc1OC. The Hall–Kier alpha value is -3.35. The van der Waals surface area contributed by atoms with E-state index in [2.05, 4.69) is 15.4 Å². The summed E-state index contributed by atoms with van der Waals surface area (Å²) < 4.78 is 9.80. The quantitative estimate of drug-likeness (QED) is 0.621. The number of benzene rings is 2. The highest BCUT2D eigenvalue weighted by Gasteiger charge is 2.16. The lowest BCUT2D eigenvalue weighted by atomic mass is 10.1. The molecule has 0 aromatic heterocycles. The van der Waals surface area contributed by atoms with Crippen LogP contribution in [0.3, 0.4) is 0 Å². The van der Waals surface area contributed by atoms with E-state index in [0.717, 1.165) is 0 Å². The molecule has 7 heteroatoms. The van der Waals surface area contributed by atoms with Gasteiger partial charge in [-0.2, -0.15) is 0 Å². The van der Waals surface area contributed by atoms with E-state index in [4.69, 9.17) is 4.74 Å². The van der Waals surface area contributed by atoms with E-state index in [1.54, 1.807) is 42.5 Å². The summed E-state index contributed by atoms with van der Waals surface area (Å²) in [6, 6.07) is 13.3. The topological polar surface area (TPSA) is 93.7 Å². The highest BCUT2D eigenvalue weighted by Crippen LogP contribution is 2.23. The summed E-state index contributed by atoms with van der Waals surface area (Å²) in [6.07, 6.45) is -0.409. The Morgan fingerprint density at radius 2 is 1.40 bits per heavy atom. The second-order valence-corrected chi connectivity index (χ2v) is 5.01. The van der Waals surface area contributed by atoms with Gasteiger partial charge in [-0.1, -0.05) is 24.3 Å². The van der Waals surface area contributed by atoms with Crippen LogP contribution in [0.1, 0.15) is 16.8 Å². The van der Waals surface area contributed by atoms with Crippen molar-refractivity contribution in [3.63, 3.8) is 0 Å². The van der Waals surface area contributed by atoms with Crippen LogP contribution in [-0.4, -0.2) is 32.0 Å². The summed E-state index contributed by atoms with van der Waals surface area (Å²) >= 11 is 0. The molecule has 0 aliphatic carbocycles. The molecule has 0 aliphatic heterocycles. The summed E-state index contributed by atoms with van der Waals surface area (Å²) in [5.41, 5.74) is 0.964. The molecule has 2 aromatic carbocycles. The van der Waals surface area contributed by atoms with E-state index < -0.39 is 24.2 Å². The van der Waals surface area contributed by atoms with Gasteiger partial charge in [-0.15, -0.1) is 0 Å². The highest BCUT2D eigenvalue weighted by molar-refractivity contribution is 6.10. The number of carbonyl (C=O) groups excluding carboxylic acids is 3. The van der Waals surface area contributed by atoms with Crippen LogP contribution < -0.4 is 15.4 Å². The van der Waals surface area contributed by atoms with Crippen LogP contribution in [-0.2, 0) is 14.3 Å². The minimum Gasteiger partial charge on any atom is -0.495 e. The Morgan fingerprint density at radius 1 is 0.840 bits per heavy atom. The number of carbonyl (C=O) groups is 3. The molecule has 0 fully saturated rings. The van der Waals surface area contributed by atoms with E-state index in [-0.39, 0.29) is 11.3 Å². The van der Waals surface area contributed by atoms with Crippen molar-refractivity contribution in [1.82, 2.24) is 0 Å². The molecule has 7 nitrogen and oxygen atoms in total. The van der Waals surface area contributed by atoms with E-state index in [1.165, 1.54) is 20.3 Å². The van der Waals surface area contributed by atoms with Gasteiger partial charge in [-0.3, -0.25) is 9.59 Å². The minimum absolute atomic E-state index is 0.212. The van der Waals surface area contributed by atoms with Crippen molar-refractivity contribution in [3.8, 4) is 5.75 Å². The van der Waals surface area contributed by atoms with Gasteiger partial charge in [0.05, 0.1) is 31.2 Å². The van der Waals surface area contributed by atoms with E-state index in [9.17, 15) is 14.4 Å².